The quantitative estimate of drug-likeness (QED) is 0.669. The predicted octanol–water partition coefficient (Wildman–Crippen LogP) is 1.57. The summed E-state index contributed by atoms with van der Waals surface area (Å²) in [5, 5.41) is 7.75. The lowest BCUT2D eigenvalue weighted by Crippen LogP contribution is -2.47. The molecule has 0 amide bonds. The van der Waals surface area contributed by atoms with Crippen LogP contribution < -0.4 is 15.1 Å². The Hall–Kier alpha value is -3.00. The second kappa shape index (κ2) is 8.79. The number of hydrogen-bond acceptors (Lipinski definition) is 7. The Morgan fingerprint density at radius 3 is 2.57 bits per heavy atom. The average molecular weight is 378 g/mol. The van der Waals surface area contributed by atoms with Gasteiger partial charge in [0, 0.05) is 56.7 Å². The standard InChI is InChI=1S/C20H26N8/c1-17(14-28-16-21-15-25-28)24-13-18-5-4-8-23-20(18)27-11-9-26(10-12-27)19-6-2-3-7-22-19/h2-8,15-17,24H,9-14H2,1H3/t17-/m1/s1. The molecule has 1 aliphatic heterocycles. The molecule has 8 heteroatoms. The molecule has 0 spiro atoms. The van der Waals surface area contributed by atoms with Crippen LogP contribution in [0.25, 0.3) is 0 Å². The molecule has 1 atom stereocenters. The highest BCUT2D eigenvalue weighted by Crippen LogP contribution is 2.21. The Morgan fingerprint density at radius 2 is 1.82 bits per heavy atom. The summed E-state index contributed by atoms with van der Waals surface area (Å²) in [6.07, 6.45) is 7.04. The van der Waals surface area contributed by atoms with E-state index in [4.69, 9.17) is 0 Å². The van der Waals surface area contributed by atoms with Crippen LogP contribution in [-0.4, -0.2) is 57.0 Å². The molecule has 1 N–H and O–H groups in total. The van der Waals surface area contributed by atoms with Gasteiger partial charge in [-0.25, -0.2) is 15.0 Å². The van der Waals surface area contributed by atoms with Crippen LogP contribution in [-0.2, 0) is 13.1 Å². The molecule has 8 nitrogen and oxygen atoms in total. The minimum absolute atomic E-state index is 0.288. The molecular weight excluding hydrogens is 352 g/mol. The minimum Gasteiger partial charge on any atom is -0.353 e. The van der Waals surface area contributed by atoms with Crippen molar-refractivity contribution in [2.24, 2.45) is 0 Å². The summed E-state index contributed by atoms with van der Waals surface area (Å²) in [4.78, 5) is 17.8. The van der Waals surface area contributed by atoms with E-state index in [2.05, 4.69) is 54.2 Å². The van der Waals surface area contributed by atoms with Crippen molar-refractivity contribution >= 4 is 11.6 Å². The van der Waals surface area contributed by atoms with Crippen LogP contribution in [0.15, 0.2) is 55.4 Å². The fraction of sp³-hybridized carbons (Fsp3) is 0.400. The van der Waals surface area contributed by atoms with Crippen molar-refractivity contribution in [3.63, 3.8) is 0 Å². The van der Waals surface area contributed by atoms with Crippen LogP contribution in [0, 0.1) is 0 Å². The third-order valence-electron chi connectivity index (χ3n) is 4.99. The lowest BCUT2D eigenvalue weighted by Gasteiger charge is -2.36. The zero-order valence-corrected chi connectivity index (χ0v) is 16.1. The lowest BCUT2D eigenvalue weighted by molar-refractivity contribution is 0.449. The molecule has 0 bridgehead atoms. The van der Waals surface area contributed by atoms with E-state index in [-0.39, 0.29) is 6.04 Å². The first kappa shape index (κ1) is 18.4. The van der Waals surface area contributed by atoms with Gasteiger partial charge in [-0.1, -0.05) is 12.1 Å². The Balaban J connectivity index is 1.35. The molecule has 1 saturated heterocycles. The largest absolute Gasteiger partial charge is 0.353 e. The number of rotatable bonds is 7. The highest BCUT2D eigenvalue weighted by Gasteiger charge is 2.21. The summed E-state index contributed by atoms with van der Waals surface area (Å²) in [6, 6.07) is 10.5. The van der Waals surface area contributed by atoms with Gasteiger partial charge in [0.2, 0.25) is 0 Å². The van der Waals surface area contributed by atoms with Crippen LogP contribution in [0.2, 0.25) is 0 Å². The first-order valence-corrected chi connectivity index (χ1v) is 9.70. The highest BCUT2D eigenvalue weighted by atomic mass is 15.3. The minimum atomic E-state index is 0.288. The summed E-state index contributed by atoms with van der Waals surface area (Å²) in [7, 11) is 0. The maximum Gasteiger partial charge on any atom is 0.137 e. The van der Waals surface area contributed by atoms with Crippen molar-refractivity contribution in [2.45, 2.75) is 26.1 Å². The zero-order valence-electron chi connectivity index (χ0n) is 16.1. The Bertz CT molecular complexity index is 844. The summed E-state index contributed by atoms with van der Waals surface area (Å²) >= 11 is 0. The van der Waals surface area contributed by atoms with Gasteiger partial charge in [0.05, 0.1) is 6.54 Å². The van der Waals surface area contributed by atoms with Gasteiger partial charge in [-0.2, -0.15) is 5.10 Å². The van der Waals surface area contributed by atoms with Crippen molar-refractivity contribution in [2.75, 3.05) is 36.0 Å². The number of anilines is 2. The van der Waals surface area contributed by atoms with E-state index in [1.165, 1.54) is 5.56 Å². The van der Waals surface area contributed by atoms with E-state index in [0.29, 0.717) is 0 Å². The van der Waals surface area contributed by atoms with E-state index in [0.717, 1.165) is 50.9 Å². The molecule has 3 aromatic heterocycles. The molecule has 3 aromatic rings. The van der Waals surface area contributed by atoms with Crippen LogP contribution in [0.3, 0.4) is 0 Å². The van der Waals surface area contributed by atoms with E-state index in [9.17, 15) is 0 Å². The van der Waals surface area contributed by atoms with Crippen LogP contribution in [0.1, 0.15) is 12.5 Å². The normalized spacial score (nSPS) is 15.6. The molecule has 146 valence electrons. The summed E-state index contributed by atoms with van der Waals surface area (Å²) in [5.41, 5.74) is 1.22. The maximum atomic E-state index is 4.68. The second-order valence-electron chi connectivity index (χ2n) is 7.05. The smallest absolute Gasteiger partial charge is 0.137 e. The van der Waals surface area contributed by atoms with Gasteiger partial charge < -0.3 is 15.1 Å². The third-order valence-corrected chi connectivity index (χ3v) is 4.99. The van der Waals surface area contributed by atoms with Crippen molar-refractivity contribution in [3.8, 4) is 0 Å². The van der Waals surface area contributed by atoms with Crippen molar-refractivity contribution in [3.05, 3.63) is 60.9 Å². The second-order valence-corrected chi connectivity index (χ2v) is 7.05. The predicted molar refractivity (Wildman–Crippen MR) is 109 cm³/mol. The van der Waals surface area contributed by atoms with Crippen molar-refractivity contribution in [1.29, 1.82) is 0 Å². The van der Waals surface area contributed by atoms with Crippen molar-refractivity contribution in [1.82, 2.24) is 30.0 Å². The number of hydrogen-bond donors (Lipinski definition) is 1. The first-order valence-electron chi connectivity index (χ1n) is 9.70. The Kier molecular flexibility index (Phi) is 5.77. The van der Waals surface area contributed by atoms with Crippen LogP contribution in [0.5, 0.6) is 0 Å². The van der Waals surface area contributed by atoms with E-state index >= 15 is 0 Å². The molecule has 4 heterocycles. The molecule has 28 heavy (non-hydrogen) atoms. The van der Waals surface area contributed by atoms with Gasteiger partial charge in [-0.05, 0) is 25.1 Å². The van der Waals surface area contributed by atoms with E-state index in [1.54, 1.807) is 12.7 Å². The molecule has 1 aliphatic rings. The topological polar surface area (TPSA) is 75.0 Å². The molecule has 1 fully saturated rings. The molecule has 0 saturated carbocycles. The maximum absolute atomic E-state index is 4.68. The van der Waals surface area contributed by atoms with Gasteiger partial charge in [-0.3, -0.25) is 4.68 Å². The number of aromatic nitrogens is 5. The Labute approximate surface area is 165 Å². The molecule has 4 rings (SSSR count). The molecule has 0 aromatic carbocycles. The number of pyridine rings is 2. The summed E-state index contributed by atoms with van der Waals surface area (Å²) < 4.78 is 1.85. The van der Waals surface area contributed by atoms with Gasteiger partial charge >= 0.3 is 0 Å². The molecule has 0 radical (unpaired) electrons. The third kappa shape index (κ3) is 4.45. The van der Waals surface area contributed by atoms with Gasteiger partial charge in [-0.15, -0.1) is 0 Å². The highest BCUT2D eigenvalue weighted by molar-refractivity contribution is 5.49. The van der Waals surface area contributed by atoms with Crippen LogP contribution in [0.4, 0.5) is 11.6 Å². The number of nitrogens with zero attached hydrogens (tertiary/aromatic N) is 7. The zero-order chi connectivity index (χ0) is 19.2. The monoisotopic (exact) mass is 378 g/mol. The SMILES string of the molecule is C[C@H](Cn1cncn1)NCc1cccnc1N1CCN(c2ccccn2)CC1. The fourth-order valence-electron chi connectivity index (χ4n) is 3.50. The van der Waals surface area contributed by atoms with E-state index in [1.807, 2.05) is 35.3 Å². The van der Waals surface area contributed by atoms with Gasteiger partial charge in [0.25, 0.3) is 0 Å². The first-order chi connectivity index (χ1) is 13.8. The average Bonchev–Trinajstić information content (AvgIpc) is 3.26. The number of piperazine rings is 1. The van der Waals surface area contributed by atoms with E-state index < -0.39 is 0 Å². The Morgan fingerprint density at radius 1 is 1.00 bits per heavy atom. The molecule has 0 aliphatic carbocycles. The lowest BCUT2D eigenvalue weighted by atomic mass is 10.2. The van der Waals surface area contributed by atoms with Gasteiger partial charge in [0.15, 0.2) is 0 Å². The summed E-state index contributed by atoms with van der Waals surface area (Å²) in [5.74, 6) is 2.12. The van der Waals surface area contributed by atoms with Gasteiger partial charge in [0.1, 0.15) is 24.3 Å². The summed E-state index contributed by atoms with van der Waals surface area (Å²) in [6.45, 7) is 7.50. The van der Waals surface area contributed by atoms with Crippen molar-refractivity contribution < 1.29 is 0 Å². The molecular formula is C20H26N8. The van der Waals surface area contributed by atoms with Crippen LogP contribution >= 0.6 is 0 Å². The number of nitrogens with one attached hydrogen (secondary N) is 1. The fourth-order valence-corrected chi connectivity index (χ4v) is 3.50. The molecule has 0 unspecified atom stereocenters.